The van der Waals surface area contributed by atoms with Crippen LogP contribution in [-0.2, 0) is 4.74 Å². The van der Waals surface area contributed by atoms with Gasteiger partial charge in [0, 0.05) is 25.1 Å². The summed E-state index contributed by atoms with van der Waals surface area (Å²) < 4.78 is 5.41. The number of nitrogens with zero attached hydrogens (tertiary/aromatic N) is 3. The minimum Gasteiger partial charge on any atom is -0.444 e. The smallest absolute Gasteiger partial charge is 0.410 e. The van der Waals surface area contributed by atoms with Crippen molar-refractivity contribution in [3.63, 3.8) is 0 Å². The average molecular weight is 278 g/mol. The fraction of sp³-hybridized carbons (Fsp3) is 0.643. The van der Waals surface area contributed by atoms with Crippen LogP contribution in [0.2, 0.25) is 0 Å². The van der Waals surface area contributed by atoms with Gasteiger partial charge in [-0.15, -0.1) is 0 Å². The lowest BCUT2D eigenvalue weighted by Gasteiger charge is -2.33. The summed E-state index contributed by atoms with van der Waals surface area (Å²) in [5.74, 6) is 0.658. The molecule has 20 heavy (non-hydrogen) atoms. The molecule has 6 nitrogen and oxygen atoms in total. The van der Waals surface area contributed by atoms with E-state index in [0.717, 1.165) is 25.1 Å². The number of carbonyl (C=O) groups excluding carboxylic acids is 1. The second kappa shape index (κ2) is 5.64. The summed E-state index contributed by atoms with van der Waals surface area (Å²) in [6.45, 7) is 6.96. The van der Waals surface area contributed by atoms with Gasteiger partial charge in [-0.25, -0.2) is 14.8 Å². The van der Waals surface area contributed by atoms with Crippen molar-refractivity contribution in [2.75, 3.05) is 18.8 Å². The maximum atomic E-state index is 12.1. The standard InChI is InChI=1S/C14H22N4O2/c1-14(2,3)20-13(19)18-6-4-5-10(8-18)11-7-12(15)17-9-16-11/h7,9-10H,4-6,8H2,1-3H3,(H2,15,16,17). The fourth-order valence-corrected chi connectivity index (χ4v) is 2.32. The molecule has 2 heterocycles. The molecule has 1 atom stereocenters. The highest BCUT2D eigenvalue weighted by molar-refractivity contribution is 5.68. The predicted octanol–water partition coefficient (Wildman–Crippen LogP) is 2.17. The van der Waals surface area contributed by atoms with Crippen molar-refractivity contribution in [1.29, 1.82) is 0 Å². The van der Waals surface area contributed by atoms with Crippen molar-refractivity contribution in [1.82, 2.24) is 14.9 Å². The lowest BCUT2D eigenvalue weighted by Crippen LogP contribution is -2.42. The second-order valence-electron chi connectivity index (χ2n) is 6.13. The molecular weight excluding hydrogens is 256 g/mol. The first-order valence-electron chi connectivity index (χ1n) is 6.90. The molecule has 1 fully saturated rings. The number of anilines is 1. The molecule has 1 aliphatic rings. The molecule has 0 aliphatic carbocycles. The molecule has 0 aromatic carbocycles. The van der Waals surface area contributed by atoms with Crippen molar-refractivity contribution in [2.24, 2.45) is 0 Å². The van der Waals surface area contributed by atoms with Gasteiger partial charge in [-0.3, -0.25) is 0 Å². The van der Waals surface area contributed by atoms with Gasteiger partial charge in [0.25, 0.3) is 0 Å². The van der Waals surface area contributed by atoms with E-state index >= 15 is 0 Å². The van der Waals surface area contributed by atoms with E-state index in [9.17, 15) is 4.79 Å². The molecule has 0 saturated carbocycles. The van der Waals surface area contributed by atoms with Crippen LogP contribution in [0.4, 0.5) is 10.6 Å². The number of hydrogen-bond donors (Lipinski definition) is 1. The van der Waals surface area contributed by atoms with E-state index in [0.29, 0.717) is 12.4 Å². The van der Waals surface area contributed by atoms with Crippen LogP contribution in [-0.4, -0.2) is 39.7 Å². The number of rotatable bonds is 1. The molecule has 1 saturated heterocycles. The Bertz CT molecular complexity index is 484. The lowest BCUT2D eigenvalue weighted by molar-refractivity contribution is 0.0197. The summed E-state index contributed by atoms with van der Waals surface area (Å²) in [5.41, 5.74) is 6.11. The van der Waals surface area contributed by atoms with Crippen LogP contribution >= 0.6 is 0 Å². The van der Waals surface area contributed by atoms with Gasteiger partial charge in [0.2, 0.25) is 0 Å². The minimum atomic E-state index is -0.469. The van der Waals surface area contributed by atoms with Crippen LogP contribution in [0.3, 0.4) is 0 Å². The highest BCUT2D eigenvalue weighted by atomic mass is 16.6. The maximum Gasteiger partial charge on any atom is 0.410 e. The third-order valence-electron chi connectivity index (χ3n) is 3.20. The SMILES string of the molecule is CC(C)(C)OC(=O)N1CCCC(c2cc(N)ncn2)C1. The minimum absolute atomic E-state index is 0.196. The third-order valence-corrected chi connectivity index (χ3v) is 3.20. The molecule has 1 aliphatic heterocycles. The molecule has 1 aromatic heterocycles. The summed E-state index contributed by atoms with van der Waals surface area (Å²) in [4.78, 5) is 22.0. The maximum absolute atomic E-state index is 12.1. The number of ether oxygens (including phenoxy) is 1. The molecule has 0 spiro atoms. The first-order valence-corrected chi connectivity index (χ1v) is 6.90. The van der Waals surface area contributed by atoms with Gasteiger partial charge >= 0.3 is 6.09 Å². The number of piperidine rings is 1. The van der Waals surface area contributed by atoms with Gasteiger partial charge in [-0.2, -0.15) is 0 Å². The quantitative estimate of drug-likeness (QED) is 0.851. The third kappa shape index (κ3) is 3.82. The van der Waals surface area contributed by atoms with Crippen LogP contribution in [0.25, 0.3) is 0 Å². The zero-order chi connectivity index (χ0) is 14.8. The second-order valence-corrected chi connectivity index (χ2v) is 6.13. The van der Waals surface area contributed by atoms with Gasteiger partial charge < -0.3 is 15.4 Å². The van der Waals surface area contributed by atoms with Crippen molar-refractivity contribution in [3.8, 4) is 0 Å². The zero-order valence-corrected chi connectivity index (χ0v) is 12.3. The number of nitrogen functional groups attached to an aromatic ring is 1. The molecule has 2 N–H and O–H groups in total. The Morgan fingerprint density at radius 2 is 2.20 bits per heavy atom. The Labute approximate surface area is 119 Å². The molecule has 110 valence electrons. The van der Waals surface area contributed by atoms with E-state index in [1.54, 1.807) is 11.0 Å². The van der Waals surface area contributed by atoms with E-state index in [2.05, 4.69) is 9.97 Å². The Morgan fingerprint density at radius 1 is 1.45 bits per heavy atom. The summed E-state index contributed by atoms with van der Waals surface area (Å²) in [5, 5.41) is 0. The van der Waals surface area contributed by atoms with Gasteiger partial charge in [-0.1, -0.05) is 0 Å². The lowest BCUT2D eigenvalue weighted by atomic mass is 9.95. The zero-order valence-electron chi connectivity index (χ0n) is 12.3. The van der Waals surface area contributed by atoms with Crippen molar-refractivity contribution >= 4 is 11.9 Å². The summed E-state index contributed by atoms with van der Waals surface area (Å²) in [6.07, 6.45) is 3.14. The van der Waals surface area contributed by atoms with Crippen LogP contribution < -0.4 is 5.73 Å². The number of amides is 1. The van der Waals surface area contributed by atoms with Crippen molar-refractivity contribution in [2.45, 2.75) is 45.1 Å². The monoisotopic (exact) mass is 278 g/mol. The Balaban J connectivity index is 2.03. The van der Waals surface area contributed by atoms with E-state index in [1.807, 2.05) is 20.8 Å². The molecule has 6 heteroatoms. The van der Waals surface area contributed by atoms with E-state index in [-0.39, 0.29) is 12.0 Å². The van der Waals surface area contributed by atoms with Gasteiger partial charge in [-0.05, 0) is 33.6 Å². The molecular formula is C14H22N4O2. The number of aromatic nitrogens is 2. The van der Waals surface area contributed by atoms with E-state index in [4.69, 9.17) is 10.5 Å². The molecule has 0 radical (unpaired) electrons. The molecule has 1 unspecified atom stereocenters. The van der Waals surface area contributed by atoms with Crippen molar-refractivity contribution in [3.05, 3.63) is 18.1 Å². The van der Waals surface area contributed by atoms with Gasteiger partial charge in [0.1, 0.15) is 17.7 Å². The normalized spacial score (nSPS) is 19.8. The predicted molar refractivity (Wildman–Crippen MR) is 76.2 cm³/mol. The van der Waals surface area contributed by atoms with E-state index < -0.39 is 5.60 Å². The van der Waals surface area contributed by atoms with Gasteiger partial charge in [0.15, 0.2) is 0 Å². The summed E-state index contributed by atoms with van der Waals surface area (Å²) in [7, 11) is 0. The largest absolute Gasteiger partial charge is 0.444 e. The molecule has 1 aromatic rings. The summed E-state index contributed by atoms with van der Waals surface area (Å²) in [6, 6.07) is 1.78. The Morgan fingerprint density at radius 3 is 2.85 bits per heavy atom. The van der Waals surface area contributed by atoms with E-state index in [1.165, 1.54) is 6.33 Å². The number of hydrogen-bond acceptors (Lipinski definition) is 5. The van der Waals surface area contributed by atoms with Crippen LogP contribution in [0.15, 0.2) is 12.4 Å². The topological polar surface area (TPSA) is 81.3 Å². The van der Waals surface area contributed by atoms with Crippen LogP contribution in [0, 0.1) is 0 Å². The molecule has 1 amide bonds. The van der Waals surface area contributed by atoms with Crippen LogP contribution in [0.1, 0.15) is 45.2 Å². The Kier molecular flexibility index (Phi) is 4.11. The average Bonchev–Trinajstić information content (AvgIpc) is 2.37. The van der Waals surface area contributed by atoms with Gasteiger partial charge in [0.05, 0.1) is 5.69 Å². The number of likely N-dealkylation sites (tertiary alicyclic amines) is 1. The van der Waals surface area contributed by atoms with Crippen molar-refractivity contribution < 1.29 is 9.53 Å². The number of nitrogens with two attached hydrogens (primary N) is 1. The summed E-state index contributed by atoms with van der Waals surface area (Å²) >= 11 is 0. The highest BCUT2D eigenvalue weighted by Gasteiger charge is 2.28. The number of carbonyl (C=O) groups is 1. The van der Waals surface area contributed by atoms with Crippen LogP contribution in [0.5, 0.6) is 0 Å². The molecule has 2 rings (SSSR count). The Hall–Kier alpha value is -1.85. The fourth-order valence-electron chi connectivity index (χ4n) is 2.32. The highest BCUT2D eigenvalue weighted by Crippen LogP contribution is 2.26. The first-order chi connectivity index (χ1) is 9.35. The molecule has 0 bridgehead atoms. The first kappa shape index (κ1) is 14.6.